The molecule has 0 saturated carbocycles. The molecule has 0 spiro atoms. The molecule has 296 valence electrons. The van der Waals surface area contributed by atoms with Gasteiger partial charge in [-0.3, -0.25) is 19.6 Å². The Morgan fingerprint density at radius 1 is 0.479 bits per heavy atom. The summed E-state index contributed by atoms with van der Waals surface area (Å²) < 4.78 is 37.5. The van der Waals surface area contributed by atoms with Crippen molar-refractivity contribution in [1.29, 1.82) is 0 Å². The van der Waals surface area contributed by atoms with Gasteiger partial charge in [-0.15, -0.1) is 0 Å². The van der Waals surface area contributed by atoms with E-state index in [1.165, 1.54) is 45.2 Å². The molecule has 4 fully saturated rings. The average Bonchev–Trinajstić information content (AvgIpc) is 3.63. The number of hydrogen-bond donors (Lipinski definition) is 1. The van der Waals surface area contributed by atoms with E-state index in [2.05, 4.69) is 90.9 Å². The fraction of sp³-hybridized carbons (Fsp3) is 1.00. The highest BCUT2D eigenvalue weighted by molar-refractivity contribution is 4.92. The predicted octanol–water partition coefficient (Wildman–Crippen LogP) is 11.1. The van der Waals surface area contributed by atoms with E-state index in [4.69, 9.17) is 5.11 Å². The fourth-order valence-corrected chi connectivity index (χ4v) is 7.68. The zero-order valence-corrected chi connectivity index (χ0v) is 31.4. The molecule has 0 aromatic carbocycles. The number of likely N-dealkylation sites (tertiary alicyclic amines) is 4. The van der Waals surface area contributed by atoms with Gasteiger partial charge in [-0.25, -0.2) is 0 Å². The van der Waals surface area contributed by atoms with Crippen LogP contribution < -0.4 is 0 Å². The Bertz CT molecular complexity index is 758. The summed E-state index contributed by atoms with van der Waals surface area (Å²) in [4.78, 5) is 9.12. The molecular formula is C40H89F3N4O. The quantitative estimate of drug-likeness (QED) is 0.295. The molecule has 8 heteroatoms. The molecule has 0 amide bonds. The van der Waals surface area contributed by atoms with Crippen molar-refractivity contribution >= 4 is 0 Å². The molecule has 0 radical (unpaired) electrons. The number of alkyl halides is 3. The van der Waals surface area contributed by atoms with Crippen molar-refractivity contribution in [3.05, 3.63) is 0 Å². The summed E-state index contributed by atoms with van der Waals surface area (Å²) in [6.07, 6.45) is 4.79. The second-order valence-corrected chi connectivity index (χ2v) is 17.6. The number of hydrogen-bond acceptors (Lipinski definition) is 5. The van der Waals surface area contributed by atoms with Crippen LogP contribution in [-0.2, 0) is 0 Å². The van der Waals surface area contributed by atoms with Crippen molar-refractivity contribution in [2.75, 3.05) is 32.8 Å². The fourth-order valence-electron chi connectivity index (χ4n) is 7.68. The van der Waals surface area contributed by atoms with E-state index in [0.717, 1.165) is 25.0 Å². The summed E-state index contributed by atoms with van der Waals surface area (Å²) in [5.74, 6) is 0. The van der Waals surface area contributed by atoms with Gasteiger partial charge in [0.25, 0.3) is 0 Å². The third-order valence-electron chi connectivity index (χ3n) is 9.77. The normalized spacial score (nSPS) is 25.9. The van der Waals surface area contributed by atoms with Gasteiger partial charge in [0, 0.05) is 40.3 Å². The lowest BCUT2D eigenvalue weighted by atomic mass is 10.0. The van der Waals surface area contributed by atoms with Crippen LogP contribution in [0.2, 0.25) is 0 Å². The maximum atomic E-state index is 12.5. The van der Waals surface area contributed by atoms with Gasteiger partial charge in [0.05, 0.1) is 6.61 Å². The van der Waals surface area contributed by atoms with Crippen molar-refractivity contribution < 1.29 is 18.3 Å². The maximum Gasteiger partial charge on any atom is 0.404 e. The molecule has 0 aromatic rings. The third kappa shape index (κ3) is 17.7. The van der Waals surface area contributed by atoms with E-state index < -0.39 is 12.2 Å². The standard InChI is InChI=1S/C9H16F3N.C9H19NO.2C9H19N.4CH4/c1-8(2,3)13-6-4-5-7(13)9(10,11)12;1-9(2,3)10-6-4-5-8(10)7-11;2*1-8-6-5-7-10(8)9(2,3)4;;;;/h7H,4-6H2,1-3H3;8,11H,4-7H2,1-3H3;2*8H,5-7H2,1-4H3;4*1H4/t7-;3*8-;;;;/m0010..../s1. The van der Waals surface area contributed by atoms with E-state index in [-0.39, 0.29) is 47.2 Å². The van der Waals surface area contributed by atoms with E-state index >= 15 is 0 Å². The first-order chi connectivity index (χ1) is 19.8. The topological polar surface area (TPSA) is 33.2 Å². The second kappa shape index (κ2) is 21.8. The van der Waals surface area contributed by atoms with Gasteiger partial charge >= 0.3 is 6.18 Å². The number of halogens is 3. The largest absolute Gasteiger partial charge is 0.404 e. The molecule has 48 heavy (non-hydrogen) atoms. The molecule has 4 heterocycles. The molecule has 4 rings (SSSR count). The first kappa shape index (κ1) is 54.4. The molecular weight excluding hydrogens is 609 g/mol. The van der Waals surface area contributed by atoms with Gasteiger partial charge in [0.1, 0.15) is 6.04 Å². The Kier molecular flexibility index (Phi) is 24.7. The lowest BCUT2D eigenvalue weighted by molar-refractivity contribution is -0.186. The lowest BCUT2D eigenvalue weighted by Crippen LogP contribution is -2.50. The molecule has 1 N–H and O–H groups in total. The smallest absolute Gasteiger partial charge is 0.395 e. The molecule has 4 aliphatic rings. The summed E-state index contributed by atoms with van der Waals surface area (Å²) in [6.45, 7) is 35.2. The summed E-state index contributed by atoms with van der Waals surface area (Å²) in [6, 6.07) is 0.794. The molecule has 4 aliphatic heterocycles. The zero-order chi connectivity index (χ0) is 34.3. The van der Waals surface area contributed by atoms with Gasteiger partial charge in [-0.05, 0) is 174 Å². The number of aliphatic hydroxyl groups excluding tert-OH is 1. The van der Waals surface area contributed by atoms with Crippen molar-refractivity contribution in [3.8, 4) is 0 Å². The van der Waals surface area contributed by atoms with Crippen LogP contribution in [0.15, 0.2) is 0 Å². The Morgan fingerprint density at radius 2 is 0.771 bits per heavy atom. The Labute approximate surface area is 300 Å². The molecule has 4 atom stereocenters. The Hall–Kier alpha value is -0.410. The molecule has 0 aliphatic carbocycles. The van der Waals surface area contributed by atoms with Crippen molar-refractivity contribution in [2.24, 2.45) is 0 Å². The Balaban J connectivity index is -0.000000263. The van der Waals surface area contributed by atoms with Gasteiger partial charge in [0.15, 0.2) is 0 Å². The third-order valence-corrected chi connectivity index (χ3v) is 9.77. The molecule has 0 unspecified atom stereocenters. The number of aliphatic hydroxyl groups is 1. The second-order valence-electron chi connectivity index (χ2n) is 17.6. The molecule has 5 nitrogen and oxygen atoms in total. The zero-order valence-electron chi connectivity index (χ0n) is 31.4. The first-order valence-corrected chi connectivity index (χ1v) is 17.6. The number of nitrogens with zero attached hydrogens (tertiary/aromatic N) is 4. The van der Waals surface area contributed by atoms with Gasteiger partial charge in [-0.1, -0.05) is 29.7 Å². The van der Waals surface area contributed by atoms with E-state index in [1.54, 1.807) is 4.90 Å². The highest BCUT2D eigenvalue weighted by Crippen LogP contribution is 2.36. The van der Waals surface area contributed by atoms with E-state index in [0.29, 0.717) is 36.7 Å². The van der Waals surface area contributed by atoms with Crippen LogP contribution in [-0.4, -0.2) is 110 Å². The minimum Gasteiger partial charge on any atom is -0.395 e. The van der Waals surface area contributed by atoms with Crippen LogP contribution in [0.25, 0.3) is 0 Å². The van der Waals surface area contributed by atoms with Crippen LogP contribution in [0.1, 0.15) is 178 Å². The van der Waals surface area contributed by atoms with Crippen molar-refractivity contribution in [1.82, 2.24) is 19.6 Å². The van der Waals surface area contributed by atoms with Gasteiger partial charge in [-0.2, -0.15) is 13.2 Å². The highest BCUT2D eigenvalue weighted by Gasteiger charge is 2.48. The minimum atomic E-state index is -4.07. The summed E-state index contributed by atoms with van der Waals surface area (Å²) in [7, 11) is 0. The Morgan fingerprint density at radius 3 is 0.979 bits per heavy atom. The summed E-state index contributed by atoms with van der Waals surface area (Å²) in [5, 5.41) is 9.06. The summed E-state index contributed by atoms with van der Waals surface area (Å²) >= 11 is 0. The maximum absolute atomic E-state index is 12.5. The molecule has 0 aromatic heterocycles. The molecule has 4 saturated heterocycles. The number of rotatable bonds is 1. The van der Waals surface area contributed by atoms with E-state index in [1.807, 2.05) is 20.8 Å². The van der Waals surface area contributed by atoms with Crippen LogP contribution in [0, 0.1) is 0 Å². The average molecular weight is 699 g/mol. The van der Waals surface area contributed by atoms with Crippen LogP contribution in [0.3, 0.4) is 0 Å². The summed E-state index contributed by atoms with van der Waals surface area (Å²) in [5.41, 5.74) is 0.617. The molecule has 0 bridgehead atoms. The highest BCUT2D eigenvalue weighted by atomic mass is 19.4. The first-order valence-electron chi connectivity index (χ1n) is 17.6. The van der Waals surface area contributed by atoms with Crippen molar-refractivity contribution in [2.45, 2.75) is 231 Å². The predicted molar refractivity (Wildman–Crippen MR) is 209 cm³/mol. The van der Waals surface area contributed by atoms with E-state index in [9.17, 15) is 13.2 Å². The van der Waals surface area contributed by atoms with Crippen LogP contribution in [0.5, 0.6) is 0 Å². The monoisotopic (exact) mass is 699 g/mol. The van der Waals surface area contributed by atoms with Crippen LogP contribution in [0.4, 0.5) is 13.2 Å². The SMILES string of the molecule is C.C.C.C.CC(C)(C)N1CCC[C@H]1C(F)(F)F.CC(C)(C)N1CCC[C@H]1CO.C[C@@H]1CCCN1C(C)(C)C.C[C@H]1CCCN1C(C)(C)C. The van der Waals surface area contributed by atoms with Gasteiger partial charge < -0.3 is 5.11 Å². The van der Waals surface area contributed by atoms with Crippen molar-refractivity contribution in [3.63, 3.8) is 0 Å². The van der Waals surface area contributed by atoms with Crippen LogP contribution >= 0.6 is 0 Å². The lowest BCUT2D eigenvalue weighted by Gasteiger charge is -2.37. The van der Waals surface area contributed by atoms with Gasteiger partial charge in [0.2, 0.25) is 0 Å². The minimum absolute atomic E-state index is 0.